The van der Waals surface area contributed by atoms with E-state index in [-0.39, 0.29) is 6.04 Å². The summed E-state index contributed by atoms with van der Waals surface area (Å²) in [4.78, 5) is 0. The minimum Gasteiger partial charge on any atom is -0.306 e. The Morgan fingerprint density at radius 1 is 1.37 bits per heavy atom. The zero-order valence-corrected chi connectivity index (χ0v) is 13.6. The zero-order valence-electron chi connectivity index (χ0n) is 11.2. The second-order valence-electron chi connectivity index (χ2n) is 4.63. The summed E-state index contributed by atoms with van der Waals surface area (Å²) < 4.78 is 2.80. The molecule has 0 fully saturated rings. The van der Waals surface area contributed by atoms with Crippen LogP contribution in [0.2, 0.25) is 5.15 Å². The smallest absolute Gasteiger partial charge is 0.131 e. The van der Waals surface area contributed by atoms with E-state index in [2.05, 4.69) is 57.5 Å². The molecule has 0 bridgehead atoms. The van der Waals surface area contributed by atoms with Crippen molar-refractivity contribution in [3.63, 3.8) is 0 Å². The first kappa shape index (κ1) is 14.6. The first-order valence-corrected chi connectivity index (χ1v) is 7.33. The first-order valence-electron chi connectivity index (χ1n) is 6.16. The number of halogens is 2. The van der Waals surface area contributed by atoms with Gasteiger partial charge in [0.25, 0.3) is 0 Å². The minimum atomic E-state index is 0.267. The van der Waals surface area contributed by atoms with Crippen LogP contribution in [0, 0.1) is 6.92 Å². The van der Waals surface area contributed by atoms with Crippen molar-refractivity contribution in [2.45, 2.75) is 26.4 Å². The number of aromatic nitrogens is 2. The number of hydrogen-bond acceptors (Lipinski definition) is 2. The second-order valence-corrected chi connectivity index (χ2v) is 5.91. The molecule has 19 heavy (non-hydrogen) atoms. The average Bonchev–Trinajstić information content (AvgIpc) is 2.62. The molecule has 0 saturated carbocycles. The van der Waals surface area contributed by atoms with Crippen molar-refractivity contribution in [3.8, 4) is 0 Å². The van der Waals surface area contributed by atoms with Crippen LogP contribution in [-0.4, -0.2) is 9.78 Å². The van der Waals surface area contributed by atoms with Gasteiger partial charge in [0.1, 0.15) is 5.15 Å². The summed E-state index contributed by atoms with van der Waals surface area (Å²) in [5.41, 5.74) is 3.29. The number of aryl methyl sites for hydroxylation is 2. The van der Waals surface area contributed by atoms with Crippen LogP contribution < -0.4 is 5.32 Å². The molecule has 1 N–H and O–H groups in total. The number of hydrogen-bond donors (Lipinski definition) is 1. The summed E-state index contributed by atoms with van der Waals surface area (Å²) in [5, 5.41) is 8.49. The Morgan fingerprint density at radius 3 is 2.53 bits per heavy atom. The van der Waals surface area contributed by atoms with Gasteiger partial charge < -0.3 is 5.32 Å². The summed E-state index contributed by atoms with van der Waals surface area (Å²) in [6.07, 6.45) is 0. The van der Waals surface area contributed by atoms with Crippen molar-refractivity contribution < 1.29 is 0 Å². The monoisotopic (exact) mass is 341 g/mol. The van der Waals surface area contributed by atoms with Crippen molar-refractivity contribution in [1.29, 1.82) is 0 Å². The van der Waals surface area contributed by atoms with Gasteiger partial charge in [-0.05, 0) is 31.5 Å². The third-order valence-corrected chi connectivity index (χ3v) is 4.23. The van der Waals surface area contributed by atoms with Crippen LogP contribution >= 0.6 is 27.5 Å². The molecule has 0 aliphatic rings. The number of nitrogens with zero attached hydrogens (tertiary/aromatic N) is 2. The molecule has 3 nitrogen and oxygen atoms in total. The third-order valence-electron chi connectivity index (χ3n) is 3.22. The summed E-state index contributed by atoms with van der Waals surface area (Å²) >= 11 is 9.66. The lowest BCUT2D eigenvalue weighted by Crippen LogP contribution is -2.18. The molecule has 2 rings (SSSR count). The Bertz CT molecular complexity index is 563. The lowest BCUT2D eigenvalue weighted by molar-refractivity contribution is 0.573. The topological polar surface area (TPSA) is 29.9 Å². The quantitative estimate of drug-likeness (QED) is 0.910. The molecule has 0 aliphatic carbocycles. The van der Waals surface area contributed by atoms with Crippen molar-refractivity contribution >= 4 is 27.5 Å². The van der Waals surface area contributed by atoms with E-state index in [4.69, 9.17) is 11.6 Å². The third kappa shape index (κ3) is 3.38. The van der Waals surface area contributed by atoms with Crippen LogP contribution in [0.1, 0.15) is 29.8 Å². The van der Waals surface area contributed by atoms with Gasteiger partial charge in [0.2, 0.25) is 0 Å². The van der Waals surface area contributed by atoms with Crippen LogP contribution in [0.5, 0.6) is 0 Å². The fraction of sp³-hybridized carbons (Fsp3) is 0.357. The lowest BCUT2D eigenvalue weighted by Gasteiger charge is -2.14. The van der Waals surface area contributed by atoms with Crippen molar-refractivity contribution in [2.24, 2.45) is 7.05 Å². The standard InChI is InChI=1S/C14H17BrClN3/c1-9(11-4-6-12(15)7-5-11)17-8-13-10(2)18-19(3)14(13)16/h4-7,9,17H,8H2,1-3H3/t9-/m0/s1. The normalized spacial score (nSPS) is 12.7. The van der Waals surface area contributed by atoms with Crippen LogP contribution in [0.25, 0.3) is 0 Å². The van der Waals surface area contributed by atoms with Gasteiger partial charge in [0.15, 0.2) is 0 Å². The number of nitrogens with one attached hydrogen (secondary N) is 1. The van der Waals surface area contributed by atoms with E-state index in [0.717, 1.165) is 22.3 Å². The largest absolute Gasteiger partial charge is 0.306 e. The zero-order chi connectivity index (χ0) is 14.0. The minimum absolute atomic E-state index is 0.267. The van der Waals surface area contributed by atoms with Crippen LogP contribution in [-0.2, 0) is 13.6 Å². The van der Waals surface area contributed by atoms with Gasteiger partial charge in [0, 0.05) is 29.7 Å². The van der Waals surface area contributed by atoms with Gasteiger partial charge in [-0.3, -0.25) is 4.68 Å². The molecular weight excluding hydrogens is 326 g/mol. The van der Waals surface area contributed by atoms with Gasteiger partial charge in [0.05, 0.1) is 5.69 Å². The summed E-state index contributed by atoms with van der Waals surface area (Å²) in [6, 6.07) is 8.59. The maximum absolute atomic E-state index is 6.22. The molecule has 0 saturated heterocycles. The van der Waals surface area contributed by atoms with Gasteiger partial charge >= 0.3 is 0 Å². The van der Waals surface area contributed by atoms with E-state index >= 15 is 0 Å². The molecule has 1 heterocycles. The molecule has 1 atom stereocenters. The molecule has 0 spiro atoms. The van der Waals surface area contributed by atoms with E-state index in [0.29, 0.717) is 5.15 Å². The molecule has 102 valence electrons. The molecule has 1 aromatic heterocycles. The predicted molar refractivity (Wildman–Crippen MR) is 82.4 cm³/mol. The molecule has 0 radical (unpaired) electrons. The average molecular weight is 343 g/mol. The van der Waals surface area contributed by atoms with Gasteiger partial charge in [-0.2, -0.15) is 5.10 Å². The van der Waals surface area contributed by atoms with Crippen LogP contribution in [0.15, 0.2) is 28.7 Å². The van der Waals surface area contributed by atoms with Crippen LogP contribution in [0.3, 0.4) is 0 Å². The van der Waals surface area contributed by atoms with E-state index in [9.17, 15) is 0 Å². The summed E-state index contributed by atoms with van der Waals surface area (Å²) in [6.45, 7) is 4.84. The highest BCUT2D eigenvalue weighted by Gasteiger charge is 2.12. The van der Waals surface area contributed by atoms with Crippen molar-refractivity contribution in [1.82, 2.24) is 15.1 Å². The predicted octanol–water partition coefficient (Wildman–Crippen LogP) is 4.00. The molecule has 0 unspecified atom stereocenters. The summed E-state index contributed by atoms with van der Waals surface area (Å²) in [5.74, 6) is 0. The van der Waals surface area contributed by atoms with E-state index in [1.54, 1.807) is 4.68 Å². The molecule has 5 heteroatoms. The van der Waals surface area contributed by atoms with Crippen LogP contribution in [0.4, 0.5) is 0 Å². The van der Waals surface area contributed by atoms with E-state index in [1.807, 2.05) is 14.0 Å². The number of benzene rings is 1. The highest BCUT2D eigenvalue weighted by Crippen LogP contribution is 2.21. The lowest BCUT2D eigenvalue weighted by atomic mass is 10.1. The Kier molecular flexibility index (Phi) is 4.66. The van der Waals surface area contributed by atoms with Crippen molar-refractivity contribution in [3.05, 3.63) is 50.7 Å². The second kappa shape index (κ2) is 6.07. The molecule has 0 amide bonds. The number of rotatable bonds is 4. The molecule has 1 aromatic carbocycles. The molecular formula is C14H17BrClN3. The van der Waals surface area contributed by atoms with Gasteiger partial charge in [-0.15, -0.1) is 0 Å². The fourth-order valence-electron chi connectivity index (χ4n) is 2.00. The Balaban J connectivity index is 2.04. The van der Waals surface area contributed by atoms with Gasteiger partial charge in [-0.25, -0.2) is 0 Å². The Morgan fingerprint density at radius 2 is 2.00 bits per heavy atom. The Hall–Kier alpha value is -0.840. The highest BCUT2D eigenvalue weighted by molar-refractivity contribution is 9.10. The van der Waals surface area contributed by atoms with Crippen molar-refractivity contribution in [2.75, 3.05) is 0 Å². The fourth-order valence-corrected chi connectivity index (χ4v) is 2.50. The summed E-state index contributed by atoms with van der Waals surface area (Å²) in [7, 11) is 1.86. The first-order chi connectivity index (χ1) is 8.99. The Labute approximate surface area is 127 Å². The maximum atomic E-state index is 6.22. The molecule has 2 aromatic rings. The van der Waals surface area contributed by atoms with E-state index in [1.165, 1.54) is 5.56 Å². The SMILES string of the molecule is Cc1nn(C)c(Cl)c1CN[C@@H](C)c1ccc(Br)cc1. The van der Waals surface area contributed by atoms with E-state index < -0.39 is 0 Å². The highest BCUT2D eigenvalue weighted by atomic mass is 79.9. The maximum Gasteiger partial charge on any atom is 0.131 e. The molecule has 0 aliphatic heterocycles. The van der Waals surface area contributed by atoms with Gasteiger partial charge in [-0.1, -0.05) is 39.7 Å².